The Balaban J connectivity index is 0.00000208. The molecule has 2 N–H and O–H groups in total. The van der Waals surface area contributed by atoms with Gasteiger partial charge in [-0.25, -0.2) is 13.4 Å². The molecule has 1 saturated heterocycles. The Hall–Kier alpha value is -1.64. The van der Waals surface area contributed by atoms with E-state index in [0.717, 1.165) is 19.1 Å². The van der Waals surface area contributed by atoms with Crippen LogP contribution >= 0.6 is 12.4 Å². The Kier molecular flexibility index (Phi) is 5.52. The highest BCUT2D eigenvalue weighted by molar-refractivity contribution is 7.90. The molecule has 3 rings (SSSR count). The lowest BCUT2D eigenvalue weighted by molar-refractivity contribution is 0.0689. The van der Waals surface area contributed by atoms with Gasteiger partial charge in [0.25, 0.3) is 5.91 Å². The van der Waals surface area contributed by atoms with Crippen LogP contribution in [-0.2, 0) is 9.84 Å². The lowest BCUT2D eigenvalue weighted by atomic mass is 9.97. The summed E-state index contributed by atoms with van der Waals surface area (Å²) in [7, 11) is -3.52. The van der Waals surface area contributed by atoms with Gasteiger partial charge in [0.15, 0.2) is 5.69 Å². The number of likely N-dealkylation sites (tertiary alicyclic amines) is 1. The molecular weight excluding hydrogens is 352 g/mol. The first-order valence-electron chi connectivity index (χ1n) is 7.58. The summed E-state index contributed by atoms with van der Waals surface area (Å²) in [6.07, 6.45) is 4.44. The summed E-state index contributed by atoms with van der Waals surface area (Å²) < 4.78 is 25.3. The van der Waals surface area contributed by atoms with E-state index in [0.29, 0.717) is 31.1 Å². The lowest BCUT2D eigenvalue weighted by Gasteiger charge is -2.30. The van der Waals surface area contributed by atoms with Crippen molar-refractivity contribution in [3.63, 3.8) is 0 Å². The van der Waals surface area contributed by atoms with E-state index >= 15 is 0 Å². The zero-order valence-electron chi connectivity index (χ0n) is 13.4. The van der Waals surface area contributed by atoms with E-state index in [-0.39, 0.29) is 29.2 Å². The van der Waals surface area contributed by atoms with E-state index in [1.807, 2.05) is 0 Å². The second-order valence-electron chi connectivity index (χ2n) is 5.94. The molecule has 1 aliphatic heterocycles. The number of hydrogen-bond donors (Lipinski definition) is 1. The standard InChI is InChI=1S/C15H20N4O3S.ClH/c1-23(21,22)15-17-13(12-4-2-3-7-19(12)15)14(20)18-8-5-11(10-16)6-9-18;/h2-4,7,11H,5-6,8-10,16H2,1H3;1H. The van der Waals surface area contributed by atoms with Crippen molar-refractivity contribution in [2.45, 2.75) is 18.0 Å². The van der Waals surface area contributed by atoms with E-state index in [2.05, 4.69) is 4.98 Å². The Morgan fingerprint density at radius 3 is 2.58 bits per heavy atom. The van der Waals surface area contributed by atoms with Gasteiger partial charge in [-0.05, 0) is 37.4 Å². The molecular formula is C15H21ClN4O3S. The van der Waals surface area contributed by atoms with Gasteiger partial charge < -0.3 is 10.6 Å². The predicted octanol–water partition coefficient (Wildman–Crippen LogP) is 0.970. The molecule has 7 nitrogen and oxygen atoms in total. The summed E-state index contributed by atoms with van der Waals surface area (Å²) in [4.78, 5) is 18.6. The number of pyridine rings is 1. The van der Waals surface area contributed by atoms with E-state index in [1.54, 1.807) is 29.3 Å². The molecule has 1 fully saturated rings. The summed E-state index contributed by atoms with van der Waals surface area (Å²) in [6, 6.07) is 5.19. The van der Waals surface area contributed by atoms with Crippen LogP contribution in [0.15, 0.2) is 29.6 Å². The summed E-state index contributed by atoms with van der Waals surface area (Å²) in [5.41, 5.74) is 6.38. The van der Waals surface area contributed by atoms with Gasteiger partial charge in [0.05, 0.1) is 5.52 Å². The molecule has 2 aromatic heterocycles. The number of fused-ring (bicyclic) bond motifs is 1. The number of nitrogens with two attached hydrogens (primary N) is 1. The van der Waals surface area contributed by atoms with Gasteiger partial charge in [-0.15, -0.1) is 12.4 Å². The molecule has 0 spiro atoms. The molecule has 2 aromatic rings. The molecule has 1 amide bonds. The third-order valence-corrected chi connectivity index (χ3v) is 5.24. The van der Waals surface area contributed by atoms with Gasteiger partial charge in [-0.1, -0.05) is 6.07 Å². The number of carbonyl (C=O) groups is 1. The normalized spacial score (nSPS) is 16.2. The van der Waals surface area contributed by atoms with Crippen LogP contribution in [0.3, 0.4) is 0 Å². The van der Waals surface area contributed by atoms with Crippen molar-refractivity contribution in [2.75, 3.05) is 25.9 Å². The number of aromatic nitrogens is 2. The van der Waals surface area contributed by atoms with Gasteiger partial charge in [0.1, 0.15) is 0 Å². The van der Waals surface area contributed by atoms with Crippen molar-refractivity contribution in [3.05, 3.63) is 30.1 Å². The van der Waals surface area contributed by atoms with Crippen LogP contribution in [0.4, 0.5) is 0 Å². The van der Waals surface area contributed by atoms with Gasteiger partial charge in [0, 0.05) is 25.5 Å². The Morgan fingerprint density at radius 1 is 1.33 bits per heavy atom. The van der Waals surface area contributed by atoms with Crippen LogP contribution in [0.5, 0.6) is 0 Å². The third kappa shape index (κ3) is 3.40. The van der Waals surface area contributed by atoms with Crippen molar-refractivity contribution in [2.24, 2.45) is 11.7 Å². The molecule has 24 heavy (non-hydrogen) atoms. The second kappa shape index (κ2) is 7.08. The number of hydrogen-bond acceptors (Lipinski definition) is 5. The van der Waals surface area contributed by atoms with Crippen LogP contribution in [0.2, 0.25) is 0 Å². The van der Waals surface area contributed by atoms with E-state index in [9.17, 15) is 13.2 Å². The summed E-state index contributed by atoms with van der Waals surface area (Å²) in [6.45, 7) is 1.88. The number of rotatable bonds is 3. The largest absolute Gasteiger partial charge is 0.337 e. The van der Waals surface area contributed by atoms with Crippen LogP contribution in [0.25, 0.3) is 5.52 Å². The molecule has 0 bridgehead atoms. The zero-order valence-corrected chi connectivity index (χ0v) is 15.0. The number of halogens is 1. The molecule has 132 valence electrons. The van der Waals surface area contributed by atoms with E-state index < -0.39 is 9.84 Å². The van der Waals surface area contributed by atoms with Gasteiger partial charge in [0.2, 0.25) is 15.0 Å². The molecule has 0 unspecified atom stereocenters. The molecule has 0 aromatic carbocycles. The van der Waals surface area contributed by atoms with Gasteiger partial charge >= 0.3 is 0 Å². The molecule has 0 aliphatic carbocycles. The zero-order chi connectivity index (χ0) is 16.6. The number of piperidine rings is 1. The van der Waals surface area contributed by atoms with Gasteiger partial charge in [-0.3, -0.25) is 9.20 Å². The highest BCUT2D eigenvalue weighted by Crippen LogP contribution is 2.22. The van der Waals surface area contributed by atoms with Gasteiger partial charge in [-0.2, -0.15) is 0 Å². The topological polar surface area (TPSA) is 97.8 Å². The fourth-order valence-corrected chi connectivity index (χ4v) is 3.72. The summed E-state index contributed by atoms with van der Waals surface area (Å²) in [5, 5.41) is -0.103. The first kappa shape index (κ1) is 18.7. The first-order chi connectivity index (χ1) is 10.9. The molecule has 0 saturated carbocycles. The van der Waals surface area contributed by atoms with Crippen LogP contribution in [-0.4, -0.2) is 54.5 Å². The summed E-state index contributed by atoms with van der Waals surface area (Å²) >= 11 is 0. The SMILES string of the molecule is CS(=O)(=O)c1nc(C(=O)N2CCC(CN)CC2)c2ccccn12.Cl. The number of nitrogens with zero attached hydrogens (tertiary/aromatic N) is 3. The average molecular weight is 373 g/mol. The van der Waals surface area contributed by atoms with Crippen molar-refractivity contribution in [1.82, 2.24) is 14.3 Å². The first-order valence-corrected chi connectivity index (χ1v) is 9.47. The second-order valence-corrected chi connectivity index (χ2v) is 7.85. The maximum atomic E-state index is 12.8. The average Bonchev–Trinajstić information content (AvgIpc) is 2.94. The monoisotopic (exact) mass is 372 g/mol. The van der Waals surface area contributed by atoms with Crippen molar-refractivity contribution in [3.8, 4) is 0 Å². The fraction of sp³-hybridized carbons (Fsp3) is 0.467. The quantitative estimate of drug-likeness (QED) is 0.865. The molecule has 1 aliphatic rings. The van der Waals surface area contributed by atoms with E-state index in [1.165, 1.54) is 4.40 Å². The van der Waals surface area contributed by atoms with E-state index in [4.69, 9.17) is 5.73 Å². The van der Waals surface area contributed by atoms with Crippen LogP contribution in [0.1, 0.15) is 23.3 Å². The van der Waals surface area contributed by atoms with Crippen LogP contribution < -0.4 is 5.73 Å². The van der Waals surface area contributed by atoms with Crippen molar-refractivity contribution < 1.29 is 13.2 Å². The third-order valence-electron chi connectivity index (χ3n) is 4.29. The maximum absolute atomic E-state index is 12.8. The number of imidazole rings is 1. The highest BCUT2D eigenvalue weighted by atomic mass is 35.5. The minimum Gasteiger partial charge on any atom is -0.337 e. The Morgan fingerprint density at radius 2 is 2.00 bits per heavy atom. The Labute approximate surface area is 147 Å². The number of carbonyl (C=O) groups excluding carboxylic acids is 1. The molecule has 3 heterocycles. The smallest absolute Gasteiger partial charge is 0.274 e. The minimum absolute atomic E-state index is 0. The van der Waals surface area contributed by atoms with Crippen molar-refractivity contribution >= 4 is 33.7 Å². The number of amides is 1. The Bertz CT molecular complexity index is 842. The lowest BCUT2D eigenvalue weighted by Crippen LogP contribution is -2.40. The van der Waals surface area contributed by atoms with Crippen molar-refractivity contribution in [1.29, 1.82) is 0 Å². The number of sulfone groups is 1. The summed E-state index contributed by atoms with van der Waals surface area (Å²) in [5.74, 6) is 0.225. The van der Waals surface area contributed by atoms with Crippen LogP contribution in [0, 0.1) is 5.92 Å². The fourth-order valence-electron chi connectivity index (χ4n) is 2.95. The molecule has 0 atom stereocenters. The predicted molar refractivity (Wildman–Crippen MR) is 93.2 cm³/mol. The minimum atomic E-state index is -3.52. The highest BCUT2D eigenvalue weighted by Gasteiger charge is 2.28. The maximum Gasteiger partial charge on any atom is 0.274 e. The molecule has 0 radical (unpaired) electrons. The molecule has 9 heteroatoms.